The van der Waals surface area contributed by atoms with Crippen molar-refractivity contribution < 1.29 is 23.8 Å². The molecule has 1 amide bonds. The van der Waals surface area contributed by atoms with Gasteiger partial charge in [0, 0.05) is 16.5 Å². The molecule has 0 unspecified atom stereocenters. The Morgan fingerprint density at radius 2 is 1.96 bits per heavy atom. The average molecular weight is 359 g/mol. The fourth-order valence-corrected chi connectivity index (χ4v) is 3.11. The first kappa shape index (κ1) is 17.2. The predicted molar refractivity (Wildman–Crippen MR) is 94.9 cm³/mol. The lowest BCUT2D eigenvalue weighted by atomic mass is 10.1. The zero-order chi connectivity index (χ0) is 17.8. The Labute approximate surface area is 149 Å². The Bertz CT molecular complexity index is 821. The summed E-state index contributed by atoms with van der Waals surface area (Å²) < 4.78 is 15.7. The summed E-state index contributed by atoms with van der Waals surface area (Å²) in [5.74, 6) is 1.59. The van der Waals surface area contributed by atoms with Crippen molar-refractivity contribution in [3.63, 3.8) is 0 Å². The van der Waals surface area contributed by atoms with Gasteiger partial charge >= 0.3 is 0 Å². The maximum Gasteiger partial charge on any atom is 0.234 e. The van der Waals surface area contributed by atoms with Crippen LogP contribution in [-0.4, -0.2) is 31.3 Å². The number of ether oxygens (including phenoxy) is 3. The van der Waals surface area contributed by atoms with Crippen LogP contribution in [0.1, 0.15) is 17.3 Å². The lowest BCUT2D eigenvalue weighted by molar-refractivity contribution is -0.113. The molecule has 1 heterocycles. The van der Waals surface area contributed by atoms with Crippen molar-refractivity contribution in [1.29, 1.82) is 0 Å². The van der Waals surface area contributed by atoms with Crippen LogP contribution in [0.4, 0.5) is 5.69 Å². The van der Waals surface area contributed by atoms with Crippen LogP contribution in [0, 0.1) is 0 Å². The summed E-state index contributed by atoms with van der Waals surface area (Å²) in [5, 5.41) is 2.77. The van der Waals surface area contributed by atoms with E-state index < -0.39 is 0 Å². The highest BCUT2D eigenvalue weighted by molar-refractivity contribution is 8.00. The van der Waals surface area contributed by atoms with Gasteiger partial charge < -0.3 is 19.5 Å². The molecule has 0 bridgehead atoms. The molecule has 2 aromatic carbocycles. The largest absolute Gasteiger partial charge is 0.497 e. The van der Waals surface area contributed by atoms with Crippen LogP contribution < -0.4 is 19.5 Å². The molecule has 7 heteroatoms. The number of rotatable bonds is 6. The lowest BCUT2D eigenvalue weighted by Crippen LogP contribution is -2.16. The highest BCUT2D eigenvalue weighted by Gasteiger charge is 2.20. The summed E-state index contributed by atoms with van der Waals surface area (Å²) in [5.41, 5.74) is 0.817. The van der Waals surface area contributed by atoms with Gasteiger partial charge in [-0.15, -0.1) is 11.8 Å². The van der Waals surface area contributed by atoms with Crippen molar-refractivity contribution in [2.75, 3.05) is 25.0 Å². The van der Waals surface area contributed by atoms with E-state index in [4.69, 9.17) is 14.2 Å². The molecule has 0 radical (unpaired) electrons. The minimum Gasteiger partial charge on any atom is -0.497 e. The molecule has 1 aliphatic rings. The summed E-state index contributed by atoms with van der Waals surface area (Å²) in [4.78, 5) is 25.0. The van der Waals surface area contributed by atoms with E-state index >= 15 is 0 Å². The number of carbonyl (C=O) groups excluding carboxylic acids is 2. The number of hydrogen-bond acceptors (Lipinski definition) is 6. The number of Topliss-reactive ketones (excluding diaryl/α,β-unsaturated/α-hetero) is 1. The highest BCUT2D eigenvalue weighted by Crippen LogP contribution is 2.37. The fourth-order valence-electron chi connectivity index (χ4n) is 2.36. The number of nitrogens with one attached hydrogen (secondary N) is 1. The van der Waals surface area contributed by atoms with E-state index in [1.165, 1.54) is 18.7 Å². The molecular formula is C18H17NO5S. The fraction of sp³-hybridized carbons (Fsp3) is 0.222. The van der Waals surface area contributed by atoms with Gasteiger partial charge in [0.1, 0.15) is 5.75 Å². The van der Waals surface area contributed by atoms with E-state index in [0.29, 0.717) is 22.7 Å². The molecule has 0 spiro atoms. The molecule has 0 fully saturated rings. The number of benzene rings is 2. The molecule has 25 heavy (non-hydrogen) atoms. The van der Waals surface area contributed by atoms with Gasteiger partial charge in [-0.3, -0.25) is 9.59 Å². The Kier molecular flexibility index (Phi) is 5.14. The quantitative estimate of drug-likeness (QED) is 0.630. The first-order valence-corrected chi connectivity index (χ1v) is 8.56. The van der Waals surface area contributed by atoms with E-state index in [1.54, 1.807) is 19.2 Å². The van der Waals surface area contributed by atoms with E-state index in [9.17, 15) is 9.59 Å². The summed E-state index contributed by atoms with van der Waals surface area (Å²) in [6.07, 6.45) is 0. The number of amides is 1. The van der Waals surface area contributed by atoms with Crippen molar-refractivity contribution >= 4 is 29.1 Å². The third kappa shape index (κ3) is 4.06. The Balaban J connectivity index is 1.69. The van der Waals surface area contributed by atoms with Gasteiger partial charge in [-0.2, -0.15) is 0 Å². The van der Waals surface area contributed by atoms with Gasteiger partial charge in [-0.1, -0.05) is 6.07 Å². The van der Waals surface area contributed by atoms with Crippen LogP contribution in [0.25, 0.3) is 0 Å². The van der Waals surface area contributed by atoms with E-state index in [2.05, 4.69) is 5.32 Å². The van der Waals surface area contributed by atoms with Crippen LogP contribution in [0.2, 0.25) is 0 Å². The first-order chi connectivity index (χ1) is 12.1. The maximum absolute atomic E-state index is 12.3. The van der Waals surface area contributed by atoms with Gasteiger partial charge in [0.15, 0.2) is 17.3 Å². The van der Waals surface area contributed by atoms with Crippen LogP contribution in [0.5, 0.6) is 17.2 Å². The summed E-state index contributed by atoms with van der Waals surface area (Å²) in [6, 6.07) is 10.7. The molecule has 0 atom stereocenters. The van der Waals surface area contributed by atoms with E-state index in [1.807, 2.05) is 24.3 Å². The third-order valence-electron chi connectivity index (χ3n) is 3.58. The zero-order valence-corrected chi connectivity index (χ0v) is 14.6. The molecule has 0 saturated carbocycles. The first-order valence-electron chi connectivity index (χ1n) is 7.58. The van der Waals surface area contributed by atoms with Crippen LogP contribution >= 0.6 is 11.8 Å². The van der Waals surface area contributed by atoms with Crippen molar-refractivity contribution in [2.24, 2.45) is 0 Å². The van der Waals surface area contributed by atoms with Crippen molar-refractivity contribution in [3.05, 3.63) is 42.0 Å². The number of methoxy groups -OCH3 is 1. The van der Waals surface area contributed by atoms with E-state index in [0.717, 1.165) is 10.6 Å². The molecule has 130 valence electrons. The molecule has 1 aliphatic heterocycles. The second kappa shape index (κ2) is 7.48. The van der Waals surface area contributed by atoms with Crippen molar-refractivity contribution in [2.45, 2.75) is 11.8 Å². The topological polar surface area (TPSA) is 73.9 Å². The second-order valence-electron chi connectivity index (χ2n) is 5.32. The number of hydrogen-bond donors (Lipinski definition) is 1. The molecule has 1 N–H and O–H groups in total. The summed E-state index contributed by atoms with van der Waals surface area (Å²) in [6.45, 7) is 1.55. The van der Waals surface area contributed by atoms with E-state index in [-0.39, 0.29) is 24.2 Å². The number of ketones is 1. The molecule has 0 aliphatic carbocycles. The predicted octanol–water partition coefficient (Wildman–Crippen LogP) is 3.36. The smallest absolute Gasteiger partial charge is 0.234 e. The molecule has 6 nitrogen and oxygen atoms in total. The highest BCUT2D eigenvalue weighted by atomic mass is 32.2. The third-order valence-corrected chi connectivity index (χ3v) is 4.57. The molecule has 2 aromatic rings. The van der Waals surface area contributed by atoms with Crippen LogP contribution in [0.3, 0.4) is 0 Å². The van der Waals surface area contributed by atoms with Gasteiger partial charge in [-0.25, -0.2) is 0 Å². The second-order valence-corrected chi connectivity index (χ2v) is 6.37. The van der Waals surface area contributed by atoms with Crippen molar-refractivity contribution in [3.8, 4) is 17.2 Å². The SMILES string of the molecule is COc1cccc(SCC(=O)Nc2cc3c(cc2C(C)=O)OCO3)c1. The molecular weight excluding hydrogens is 342 g/mol. The van der Waals surface area contributed by atoms with Gasteiger partial charge in [0.25, 0.3) is 0 Å². The van der Waals surface area contributed by atoms with Crippen molar-refractivity contribution in [1.82, 2.24) is 0 Å². The normalized spacial score (nSPS) is 11.9. The van der Waals surface area contributed by atoms with Gasteiger partial charge in [-0.05, 0) is 31.2 Å². The zero-order valence-electron chi connectivity index (χ0n) is 13.8. The standard InChI is InChI=1S/C18H17NO5S/c1-11(20)14-7-16-17(24-10-23-16)8-15(14)19-18(21)9-25-13-5-3-4-12(6-13)22-2/h3-8H,9-10H2,1-2H3,(H,19,21). The number of fused-ring (bicyclic) bond motifs is 1. The Morgan fingerprint density at radius 1 is 1.20 bits per heavy atom. The summed E-state index contributed by atoms with van der Waals surface area (Å²) >= 11 is 1.38. The minimum absolute atomic E-state index is 0.107. The minimum atomic E-state index is -0.214. The van der Waals surface area contributed by atoms with Crippen LogP contribution in [0.15, 0.2) is 41.3 Å². The van der Waals surface area contributed by atoms with Gasteiger partial charge in [0.05, 0.1) is 18.6 Å². The lowest BCUT2D eigenvalue weighted by Gasteiger charge is -2.11. The Hall–Kier alpha value is -2.67. The van der Waals surface area contributed by atoms with Gasteiger partial charge in [0.2, 0.25) is 12.7 Å². The number of anilines is 1. The molecule has 3 rings (SSSR count). The number of carbonyl (C=O) groups is 2. The van der Waals surface area contributed by atoms with Crippen LogP contribution in [-0.2, 0) is 4.79 Å². The maximum atomic E-state index is 12.3. The summed E-state index contributed by atoms with van der Waals surface area (Å²) in [7, 11) is 1.60. The average Bonchev–Trinajstić information content (AvgIpc) is 3.06. The molecule has 0 aromatic heterocycles. The monoisotopic (exact) mass is 359 g/mol. The number of thioether (sulfide) groups is 1. The Morgan fingerprint density at radius 3 is 2.68 bits per heavy atom. The molecule has 0 saturated heterocycles.